The summed E-state index contributed by atoms with van der Waals surface area (Å²) in [5.74, 6) is 1.24. The van der Waals surface area contributed by atoms with Crippen LogP contribution in [0.25, 0.3) is 0 Å². The second-order valence-electron chi connectivity index (χ2n) is 8.63. The summed E-state index contributed by atoms with van der Waals surface area (Å²) < 4.78 is 50.1. The number of carbonyl (C=O) groups excluding carboxylic acids is 1. The lowest BCUT2D eigenvalue weighted by Gasteiger charge is -2.36. The van der Waals surface area contributed by atoms with Crippen LogP contribution in [0.4, 0.5) is 24.5 Å². The molecule has 0 atom stereocenters. The Balaban J connectivity index is 1.69. The van der Waals surface area contributed by atoms with Gasteiger partial charge in [-0.25, -0.2) is 0 Å². The van der Waals surface area contributed by atoms with Gasteiger partial charge in [0.05, 0.1) is 24.2 Å². The molecule has 1 saturated heterocycles. The predicted molar refractivity (Wildman–Crippen MR) is 124 cm³/mol. The molecule has 11 heteroatoms. The van der Waals surface area contributed by atoms with Crippen molar-refractivity contribution in [2.24, 2.45) is 5.92 Å². The second kappa shape index (κ2) is 10.8. The number of hydrogen-bond donors (Lipinski definition) is 0. The van der Waals surface area contributed by atoms with Gasteiger partial charge in [-0.15, -0.1) is 0 Å². The van der Waals surface area contributed by atoms with E-state index in [2.05, 4.69) is 13.8 Å². The maximum absolute atomic E-state index is 13.0. The van der Waals surface area contributed by atoms with Crippen molar-refractivity contribution in [2.75, 3.05) is 44.8 Å². The molecule has 0 aromatic heterocycles. The normalized spacial score (nSPS) is 14.3. The minimum atomic E-state index is -4.68. The van der Waals surface area contributed by atoms with Gasteiger partial charge in [-0.3, -0.25) is 14.9 Å². The van der Waals surface area contributed by atoms with Gasteiger partial charge in [-0.1, -0.05) is 13.8 Å². The molecule has 1 aliphatic rings. The van der Waals surface area contributed by atoms with Gasteiger partial charge in [-0.2, -0.15) is 13.2 Å². The summed E-state index contributed by atoms with van der Waals surface area (Å²) in [4.78, 5) is 26.8. The van der Waals surface area contributed by atoms with Crippen molar-refractivity contribution in [1.29, 1.82) is 0 Å². The van der Waals surface area contributed by atoms with Gasteiger partial charge in [-0.05, 0) is 42.7 Å². The number of rotatable bonds is 8. The number of ether oxygens (including phenoxy) is 2. The van der Waals surface area contributed by atoms with Crippen molar-refractivity contribution in [3.63, 3.8) is 0 Å². The van der Waals surface area contributed by atoms with Crippen LogP contribution in [0.5, 0.6) is 11.5 Å². The number of alkyl halides is 3. The summed E-state index contributed by atoms with van der Waals surface area (Å²) >= 11 is 0. The smallest absolute Gasteiger partial charge is 0.416 e. The van der Waals surface area contributed by atoms with E-state index in [4.69, 9.17) is 9.47 Å². The maximum atomic E-state index is 13.0. The molecule has 0 saturated carbocycles. The first-order chi connectivity index (χ1) is 16.5. The molecule has 8 nitrogen and oxygen atoms in total. The Kier molecular flexibility index (Phi) is 8.08. The third-order valence-electron chi connectivity index (χ3n) is 5.77. The standard InChI is InChI=1S/C24H28F3N3O5/c1-16(2)8-13-35-21-7-4-17(14-22(21)34-3)23(31)29-11-9-28(10-12-29)19-6-5-18(24(25,26)27)15-20(19)30(32)33/h4-7,14-16H,8-13H2,1-3H3. The van der Waals surface area contributed by atoms with E-state index in [0.29, 0.717) is 35.7 Å². The number of hydrogen-bond acceptors (Lipinski definition) is 6. The van der Waals surface area contributed by atoms with E-state index in [1.165, 1.54) is 7.11 Å². The highest BCUT2D eigenvalue weighted by Crippen LogP contribution is 2.37. The minimum absolute atomic E-state index is 0.0969. The zero-order valence-electron chi connectivity index (χ0n) is 19.8. The summed E-state index contributed by atoms with van der Waals surface area (Å²) in [6, 6.07) is 7.44. The molecule has 1 amide bonds. The van der Waals surface area contributed by atoms with Crippen LogP contribution in [0, 0.1) is 16.0 Å². The number of methoxy groups -OCH3 is 1. The van der Waals surface area contributed by atoms with E-state index in [1.54, 1.807) is 28.0 Å². The molecule has 190 valence electrons. The molecule has 0 unspecified atom stereocenters. The fraction of sp³-hybridized carbons (Fsp3) is 0.458. The Morgan fingerprint density at radius 1 is 1.09 bits per heavy atom. The number of amides is 1. The molecule has 0 radical (unpaired) electrons. The van der Waals surface area contributed by atoms with Crippen molar-refractivity contribution < 1.29 is 32.4 Å². The fourth-order valence-corrected chi connectivity index (χ4v) is 3.77. The first-order valence-corrected chi connectivity index (χ1v) is 11.2. The zero-order chi connectivity index (χ0) is 25.8. The Bertz CT molecular complexity index is 1070. The van der Waals surface area contributed by atoms with Gasteiger partial charge >= 0.3 is 6.18 Å². The summed E-state index contributed by atoms with van der Waals surface area (Å²) in [5.41, 5.74) is -1.18. The highest BCUT2D eigenvalue weighted by molar-refractivity contribution is 5.95. The van der Waals surface area contributed by atoms with Crippen LogP contribution in [-0.4, -0.2) is 55.6 Å². The highest BCUT2D eigenvalue weighted by Gasteiger charge is 2.34. The van der Waals surface area contributed by atoms with Crippen molar-refractivity contribution >= 4 is 17.3 Å². The molecule has 1 fully saturated rings. The number of anilines is 1. The van der Waals surface area contributed by atoms with Crippen molar-refractivity contribution in [1.82, 2.24) is 4.90 Å². The van der Waals surface area contributed by atoms with E-state index in [9.17, 15) is 28.1 Å². The van der Waals surface area contributed by atoms with Crippen LogP contribution in [0.3, 0.4) is 0 Å². The highest BCUT2D eigenvalue weighted by atomic mass is 19.4. The van der Waals surface area contributed by atoms with Crippen molar-refractivity contribution in [2.45, 2.75) is 26.4 Å². The minimum Gasteiger partial charge on any atom is -0.493 e. The monoisotopic (exact) mass is 495 g/mol. The van der Waals surface area contributed by atoms with E-state index in [1.807, 2.05) is 0 Å². The summed E-state index contributed by atoms with van der Waals surface area (Å²) in [7, 11) is 1.49. The van der Waals surface area contributed by atoms with Crippen LogP contribution in [0.15, 0.2) is 36.4 Å². The van der Waals surface area contributed by atoms with Gasteiger partial charge in [0.1, 0.15) is 5.69 Å². The largest absolute Gasteiger partial charge is 0.493 e. The van der Waals surface area contributed by atoms with Gasteiger partial charge < -0.3 is 19.3 Å². The lowest BCUT2D eigenvalue weighted by Crippen LogP contribution is -2.49. The number of nitro groups is 1. The molecular formula is C24H28F3N3O5. The van der Waals surface area contributed by atoms with Crippen LogP contribution < -0.4 is 14.4 Å². The third-order valence-corrected chi connectivity index (χ3v) is 5.77. The molecule has 1 aliphatic heterocycles. The first-order valence-electron chi connectivity index (χ1n) is 11.2. The number of nitrogens with zero attached hydrogens (tertiary/aromatic N) is 3. The summed E-state index contributed by atoms with van der Waals surface area (Å²) in [5, 5.41) is 11.4. The third kappa shape index (κ3) is 6.34. The van der Waals surface area contributed by atoms with E-state index in [0.717, 1.165) is 18.6 Å². The van der Waals surface area contributed by atoms with Gasteiger partial charge in [0.2, 0.25) is 0 Å². The van der Waals surface area contributed by atoms with Crippen LogP contribution in [0.1, 0.15) is 36.2 Å². The second-order valence-corrected chi connectivity index (χ2v) is 8.63. The molecule has 2 aromatic rings. The predicted octanol–water partition coefficient (Wildman–Crippen LogP) is 5.01. The Morgan fingerprint density at radius 3 is 2.34 bits per heavy atom. The van der Waals surface area contributed by atoms with E-state index < -0.39 is 22.4 Å². The lowest BCUT2D eigenvalue weighted by molar-refractivity contribution is -0.384. The summed E-state index contributed by atoms with van der Waals surface area (Å²) in [6.07, 6.45) is -3.80. The lowest BCUT2D eigenvalue weighted by atomic mass is 10.1. The molecule has 0 N–H and O–H groups in total. The Hall–Kier alpha value is -3.50. The van der Waals surface area contributed by atoms with Gasteiger partial charge in [0, 0.05) is 37.8 Å². The van der Waals surface area contributed by atoms with Gasteiger partial charge in [0.25, 0.3) is 11.6 Å². The number of nitro benzene ring substituents is 1. The number of piperazine rings is 1. The van der Waals surface area contributed by atoms with Crippen LogP contribution >= 0.6 is 0 Å². The molecule has 1 heterocycles. The zero-order valence-corrected chi connectivity index (χ0v) is 19.8. The van der Waals surface area contributed by atoms with E-state index >= 15 is 0 Å². The molecule has 3 rings (SSSR count). The number of halogens is 3. The van der Waals surface area contributed by atoms with Crippen molar-refractivity contribution in [3.8, 4) is 11.5 Å². The van der Waals surface area contributed by atoms with Crippen molar-refractivity contribution in [3.05, 3.63) is 57.6 Å². The quantitative estimate of drug-likeness (QED) is 0.378. The molecule has 0 spiro atoms. The molecule has 0 bridgehead atoms. The van der Waals surface area contributed by atoms with Crippen LogP contribution in [-0.2, 0) is 6.18 Å². The van der Waals surface area contributed by atoms with E-state index in [-0.39, 0.29) is 37.8 Å². The average Bonchev–Trinajstić information content (AvgIpc) is 2.82. The fourth-order valence-electron chi connectivity index (χ4n) is 3.77. The molecule has 35 heavy (non-hydrogen) atoms. The molecule has 0 aliphatic carbocycles. The summed E-state index contributed by atoms with van der Waals surface area (Å²) in [6.45, 7) is 5.71. The molecule has 2 aromatic carbocycles. The Labute approximate surface area is 201 Å². The van der Waals surface area contributed by atoms with Crippen LogP contribution in [0.2, 0.25) is 0 Å². The number of carbonyl (C=O) groups is 1. The number of benzene rings is 2. The average molecular weight is 495 g/mol. The maximum Gasteiger partial charge on any atom is 0.416 e. The van der Waals surface area contributed by atoms with Gasteiger partial charge in [0.15, 0.2) is 11.5 Å². The molecular weight excluding hydrogens is 467 g/mol. The first kappa shape index (κ1) is 26.1. The topological polar surface area (TPSA) is 85.2 Å². The SMILES string of the molecule is COc1cc(C(=O)N2CCN(c3ccc(C(F)(F)F)cc3[N+](=O)[O-])CC2)ccc1OCCC(C)C. The Morgan fingerprint density at radius 2 is 1.77 bits per heavy atom.